The molecule has 18 heavy (non-hydrogen) atoms. The molecule has 0 aromatic heterocycles. The molecule has 0 unspecified atom stereocenters. The number of hydrogen-bond donors (Lipinski definition) is 1. The predicted octanol–water partition coefficient (Wildman–Crippen LogP) is 3.64. The van der Waals surface area contributed by atoms with Gasteiger partial charge in [-0.25, -0.2) is 0 Å². The molecule has 1 aliphatic heterocycles. The van der Waals surface area contributed by atoms with Crippen LogP contribution >= 0.6 is 11.8 Å². The van der Waals surface area contributed by atoms with Gasteiger partial charge in [0.1, 0.15) is 0 Å². The fourth-order valence-electron chi connectivity index (χ4n) is 2.86. The summed E-state index contributed by atoms with van der Waals surface area (Å²) in [6.45, 7) is 8.64. The molecule has 0 atom stereocenters. The monoisotopic (exact) mass is 264 g/mol. The van der Waals surface area contributed by atoms with Gasteiger partial charge in [0.15, 0.2) is 0 Å². The summed E-state index contributed by atoms with van der Waals surface area (Å²) in [7, 11) is 0. The van der Waals surface area contributed by atoms with Crippen LogP contribution in [-0.2, 0) is 6.54 Å². The Morgan fingerprint density at radius 2 is 2.17 bits per heavy atom. The van der Waals surface area contributed by atoms with Crippen LogP contribution in [0.3, 0.4) is 0 Å². The van der Waals surface area contributed by atoms with Crippen LogP contribution in [0.5, 0.6) is 0 Å². The molecule has 1 saturated heterocycles. The Morgan fingerprint density at radius 1 is 1.39 bits per heavy atom. The summed E-state index contributed by atoms with van der Waals surface area (Å²) in [5.41, 5.74) is 8.93. The lowest BCUT2D eigenvalue weighted by molar-refractivity contribution is 0.516. The van der Waals surface area contributed by atoms with Gasteiger partial charge in [0.25, 0.3) is 0 Å². The van der Waals surface area contributed by atoms with Gasteiger partial charge in [-0.15, -0.1) is 11.8 Å². The zero-order chi connectivity index (χ0) is 13.2. The van der Waals surface area contributed by atoms with E-state index in [4.69, 9.17) is 5.73 Å². The van der Waals surface area contributed by atoms with Gasteiger partial charge < -0.3 is 10.6 Å². The summed E-state index contributed by atoms with van der Waals surface area (Å²) < 4.78 is 0. The van der Waals surface area contributed by atoms with E-state index in [2.05, 4.69) is 43.9 Å². The Bertz CT molecular complexity index is 415. The third-order valence-corrected chi connectivity index (χ3v) is 4.79. The lowest BCUT2D eigenvalue weighted by Crippen LogP contribution is -2.38. The molecule has 2 nitrogen and oxygen atoms in total. The summed E-state index contributed by atoms with van der Waals surface area (Å²) in [6, 6.07) is 6.60. The third-order valence-electron chi connectivity index (χ3n) is 3.80. The quantitative estimate of drug-likeness (QED) is 0.842. The second kappa shape index (κ2) is 5.54. The van der Waals surface area contributed by atoms with Crippen LogP contribution in [-0.4, -0.2) is 17.8 Å². The van der Waals surface area contributed by atoms with E-state index in [1.807, 2.05) is 11.8 Å². The van der Waals surface area contributed by atoms with Gasteiger partial charge in [0, 0.05) is 34.8 Å². The number of benzene rings is 1. The molecule has 2 rings (SSSR count). The van der Waals surface area contributed by atoms with E-state index in [1.54, 1.807) is 0 Å². The molecular weight excluding hydrogens is 240 g/mol. The maximum Gasteiger partial charge on any atom is 0.0427 e. The van der Waals surface area contributed by atoms with Crippen LogP contribution in [0.2, 0.25) is 0 Å². The fourth-order valence-corrected chi connectivity index (χ4v) is 3.70. The summed E-state index contributed by atoms with van der Waals surface area (Å²) in [5, 5.41) is 0. The first-order chi connectivity index (χ1) is 8.60. The van der Waals surface area contributed by atoms with Crippen molar-refractivity contribution in [3.05, 3.63) is 23.8 Å². The van der Waals surface area contributed by atoms with Gasteiger partial charge in [0.2, 0.25) is 0 Å². The zero-order valence-electron chi connectivity index (χ0n) is 11.7. The topological polar surface area (TPSA) is 29.3 Å². The van der Waals surface area contributed by atoms with Crippen molar-refractivity contribution in [2.24, 2.45) is 5.73 Å². The molecular formula is C15H24N2S. The highest BCUT2D eigenvalue weighted by atomic mass is 32.2. The van der Waals surface area contributed by atoms with Gasteiger partial charge in [0.05, 0.1) is 0 Å². The molecule has 0 aliphatic carbocycles. The van der Waals surface area contributed by atoms with Crippen LogP contribution in [0.25, 0.3) is 0 Å². The van der Waals surface area contributed by atoms with Crippen molar-refractivity contribution < 1.29 is 0 Å². The van der Waals surface area contributed by atoms with E-state index in [1.165, 1.54) is 29.0 Å². The van der Waals surface area contributed by atoms with Crippen molar-refractivity contribution in [2.45, 2.75) is 50.6 Å². The van der Waals surface area contributed by atoms with Crippen LogP contribution in [0.4, 0.5) is 5.69 Å². The van der Waals surface area contributed by atoms with Crippen LogP contribution < -0.4 is 10.6 Å². The normalized spacial score (nSPS) is 18.3. The zero-order valence-corrected chi connectivity index (χ0v) is 12.5. The maximum atomic E-state index is 6.00. The number of rotatable bonds is 4. The minimum Gasteiger partial charge on any atom is -0.366 e. The first-order valence-electron chi connectivity index (χ1n) is 6.82. The Hall–Kier alpha value is -0.670. The molecule has 0 amide bonds. The lowest BCUT2D eigenvalue weighted by Gasteiger charge is -2.35. The summed E-state index contributed by atoms with van der Waals surface area (Å²) in [6.07, 6.45) is 2.55. The first kappa shape index (κ1) is 13.8. The van der Waals surface area contributed by atoms with E-state index < -0.39 is 0 Å². The maximum absolute atomic E-state index is 6.00. The van der Waals surface area contributed by atoms with Gasteiger partial charge in [-0.05, 0) is 44.6 Å². The molecule has 100 valence electrons. The van der Waals surface area contributed by atoms with Crippen LogP contribution in [0.1, 0.15) is 39.2 Å². The molecule has 3 heteroatoms. The third kappa shape index (κ3) is 2.52. The molecule has 1 heterocycles. The summed E-state index contributed by atoms with van der Waals surface area (Å²) >= 11 is 1.89. The van der Waals surface area contributed by atoms with Gasteiger partial charge in [-0.2, -0.15) is 0 Å². The summed E-state index contributed by atoms with van der Waals surface area (Å²) in [5.74, 6) is 1.10. The standard InChI is InChI=1S/C15H24N2S/c1-4-18-14-8-5-7-13(12(14)11-16)17-10-6-9-15(17,2)3/h5,7-8H,4,6,9-11,16H2,1-3H3. The minimum absolute atomic E-state index is 0.263. The largest absolute Gasteiger partial charge is 0.366 e. The molecule has 0 bridgehead atoms. The van der Waals surface area contributed by atoms with Crippen molar-refractivity contribution in [1.29, 1.82) is 0 Å². The minimum atomic E-state index is 0.263. The first-order valence-corrected chi connectivity index (χ1v) is 7.81. The molecule has 0 spiro atoms. The number of nitrogens with two attached hydrogens (primary N) is 1. The van der Waals surface area contributed by atoms with E-state index in [0.717, 1.165) is 12.3 Å². The highest BCUT2D eigenvalue weighted by Crippen LogP contribution is 2.38. The van der Waals surface area contributed by atoms with Gasteiger partial charge in [-0.1, -0.05) is 13.0 Å². The van der Waals surface area contributed by atoms with E-state index in [0.29, 0.717) is 6.54 Å². The molecule has 0 radical (unpaired) electrons. The van der Waals surface area contributed by atoms with E-state index >= 15 is 0 Å². The molecule has 1 aromatic carbocycles. The van der Waals surface area contributed by atoms with Gasteiger partial charge in [-0.3, -0.25) is 0 Å². The van der Waals surface area contributed by atoms with E-state index in [9.17, 15) is 0 Å². The molecule has 1 aromatic rings. The molecule has 1 aliphatic rings. The van der Waals surface area contributed by atoms with Crippen molar-refractivity contribution >= 4 is 17.4 Å². The second-order valence-electron chi connectivity index (χ2n) is 5.46. The summed E-state index contributed by atoms with van der Waals surface area (Å²) in [4.78, 5) is 3.88. The Morgan fingerprint density at radius 3 is 2.72 bits per heavy atom. The van der Waals surface area contributed by atoms with Gasteiger partial charge >= 0.3 is 0 Å². The van der Waals surface area contributed by atoms with Crippen molar-refractivity contribution in [3.63, 3.8) is 0 Å². The Balaban J connectivity index is 2.41. The number of thioether (sulfide) groups is 1. The average Bonchev–Trinajstić information content (AvgIpc) is 2.69. The molecule has 1 fully saturated rings. The highest BCUT2D eigenvalue weighted by molar-refractivity contribution is 7.99. The predicted molar refractivity (Wildman–Crippen MR) is 81.4 cm³/mol. The number of anilines is 1. The Kier molecular flexibility index (Phi) is 4.23. The lowest BCUT2D eigenvalue weighted by atomic mass is 10.0. The second-order valence-corrected chi connectivity index (χ2v) is 6.76. The van der Waals surface area contributed by atoms with Crippen molar-refractivity contribution in [1.82, 2.24) is 0 Å². The SMILES string of the molecule is CCSc1cccc(N2CCCC2(C)C)c1CN. The molecule has 2 N–H and O–H groups in total. The highest BCUT2D eigenvalue weighted by Gasteiger charge is 2.33. The Labute approximate surface area is 115 Å². The van der Waals surface area contributed by atoms with Crippen LogP contribution in [0.15, 0.2) is 23.1 Å². The number of hydrogen-bond acceptors (Lipinski definition) is 3. The smallest absolute Gasteiger partial charge is 0.0427 e. The average molecular weight is 264 g/mol. The van der Waals surface area contributed by atoms with Crippen molar-refractivity contribution in [2.75, 3.05) is 17.2 Å². The van der Waals surface area contributed by atoms with Crippen molar-refractivity contribution in [3.8, 4) is 0 Å². The number of nitrogens with zero attached hydrogens (tertiary/aromatic N) is 1. The molecule has 0 saturated carbocycles. The fraction of sp³-hybridized carbons (Fsp3) is 0.600. The van der Waals surface area contributed by atoms with Crippen LogP contribution in [0, 0.1) is 0 Å². The van der Waals surface area contributed by atoms with E-state index in [-0.39, 0.29) is 5.54 Å².